The number of nitrogens with one attached hydrogen (secondary N) is 1. The molecular formula is C16H18BrNO. The molecule has 2 aromatic rings. The Bertz CT molecular complexity index is 592. The van der Waals surface area contributed by atoms with Crippen molar-refractivity contribution in [2.75, 3.05) is 5.33 Å². The molecule has 100 valence electrons. The molecule has 0 unspecified atom stereocenters. The fourth-order valence-electron chi connectivity index (χ4n) is 2.01. The van der Waals surface area contributed by atoms with Gasteiger partial charge in [-0.25, -0.2) is 0 Å². The first-order valence-corrected chi connectivity index (χ1v) is 7.51. The van der Waals surface area contributed by atoms with Gasteiger partial charge in [-0.15, -0.1) is 0 Å². The summed E-state index contributed by atoms with van der Waals surface area (Å²) >= 11 is 3.41. The zero-order chi connectivity index (χ0) is 13.9. The molecule has 0 aliphatic carbocycles. The largest absolute Gasteiger partial charge is 0.347 e. The van der Waals surface area contributed by atoms with Crippen LogP contribution in [0.4, 0.5) is 0 Å². The summed E-state index contributed by atoms with van der Waals surface area (Å²) in [6, 6.07) is 13.9. The second-order valence-electron chi connectivity index (χ2n) is 5.34. The fourth-order valence-corrected chi connectivity index (χ4v) is 3.00. The Kier molecular flexibility index (Phi) is 4.25. The fraction of sp³-hybridized carbons (Fsp3) is 0.312. The van der Waals surface area contributed by atoms with E-state index in [1.165, 1.54) is 0 Å². The lowest BCUT2D eigenvalue weighted by Gasteiger charge is -2.25. The number of alkyl halides is 1. The van der Waals surface area contributed by atoms with Crippen LogP contribution < -0.4 is 5.32 Å². The third-order valence-electron chi connectivity index (χ3n) is 3.18. The number of halogens is 1. The molecule has 0 aliphatic heterocycles. The van der Waals surface area contributed by atoms with Gasteiger partial charge in [0, 0.05) is 16.4 Å². The van der Waals surface area contributed by atoms with Crippen LogP contribution in [0.2, 0.25) is 0 Å². The van der Waals surface area contributed by atoms with E-state index < -0.39 is 0 Å². The van der Waals surface area contributed by atoms with Crippen LogP contribution in [-0.4, -0.2) is 16.8 Å². The normalized spacial score (nSPS) is 11.5. The van der Waals surface area contributed by atoms with Crippen LogP contribution in [0.5, 0.6) is 0 Å². The third kappa shape index (κ3) is 3.57. The average molecular weight is 320 g/mol. The van der Waals surface area contributed by atoms with E-state index in [0.29, 0.717) is 5.56 Å². The van der Waals surface area contributed by atoms with E-state index in [9.17, 15) is 4.79 Å². The highest BCUT2D eigenvalue weighted by atomic mass is 79.9. The number of carbonyl (C=O) groups is 1. The molecule has 0 saturated heterocycles. The van der Waals surface area contributed by atoms with Gasteiger partial charge in [-0.1, -0.05) is 46.3 Å². The predicted molar refractivity (Wildman–Crippen MR) is 83.9 cm³/mol. The van der Waals surface area contributed by atoms with Crippen molar-refractivity contribution >= 4 is 32.6 Å². The molecule has 0 atom stereocenters. The highest BCUT2D eigenvalue weighted by Crippen LogP contribution is 2.17. The van der Waals surface area contributed by atoms with E-state index in [1.54, 1.807) is 0 Å². The smallest absolute Gasteiger partial charge is 0.251 e. The van der Waals surface area contributed by atoms with Crippen LogP contribution in [0, 0.1) is 0 Å². The summed E-state index contributed by atoms with van der Waals surface area (Å²) in [5.41, 5.74) is 0.507. The number of hydrogen-bond donors (Lipinski definition) is 1. The second-order valence-corrected chi connectivity index (χ2v) is 6.13. The Hall–Kier alpha value is -1.35. The summed E-state index contributed by atoms with van der Waals surface area (Å²) in [5.74, 6) is -0.0169. The van der Waals surface area contributed by atoms with E-state index in [2.05, 4.69) is 21.2 Å². The summed E-state index contributed by atoms with van der Waals surface area (Å²) in [6.07, 6.45) is 0.895. The van der Waals surface area contributed by atoms with Crippen molar-refractivity contribution in [3.63, 3.8) is 0 Å². The molecule has 0 spiro atoms. The monoisotopic (exact) mass is 319 g/mol. The highest BCUT2D eigenvalue weighted by Gasteiger charge is 2.20. The molecule has 0 aliphatic rings. The maximum atomic E-state index is 12.3. The molecule has 19 heavy (non-hydrogen) atoms. The maximum absolute atomic E-state index is 12.3. The Balaban J connectivity index is 2.22. The van der Waals surface area contributed by atoms with Gasteiger partial charge in [0.15, 0.2) is 0 Å². The Morgan fingerprint density at radius 1 is 1.16 bits per heavy atom. The average Bonchev–Trinajstić information content (AvgIpc) is 2.37. The molecule has 0 fully saturated rings. The minimum absolute atomic E-state index is 0.0169. The molecular weight excluding hydrogens is 302 g/mol. The van der Waals surface area contributed by atoms with Crippen molar-refractivity contribution in [1.29, 1.82) is 0 Å². The van der Waals surface area contributed by atoms with Gasteiger partial charge in [-0.2, -0.15) is 0 Å². The molecule has 3 heteroatoms. The van der Waals surface area contributed by atoms with Gasteiger partial charge < -0.3 is 5.32 Å². The minimum Gasteiger partial charge on any atom is -0.347 e. The zero-order valence-corrected chi connectivity index (χ0v) is 12.8. The SMILES string of the molecule is CC(C)(CCBr)NC(=O)c1ccc2ccccc2c1. The summed E-state index contributed by atoms with van der Waals surface area (Å²) in [6.45, 7) is 4.07. The van der Waals surface area contributed by atoms with Crippen molar-refractivity contribution in [3.8, 4) is 0 Å². The first-order valence-electron chi connectivity index (χ1n) is 6.39. The lowest BCUT2D eigenvalue weighted by Crippen LogP contribution is -2.43. The summed E-state index contributed by atoms with van der Waals surface area (Å²) in [7, 11) is 0. The standard InChI is InChI=1S/C16H18BrNO/c1-16(2,9-10-17)18-15(19)14-8-7-12-5-3-4-6-13(12)11-14/h3-8,11H,9-10H2,1-2H3,(H,18,19). The van der Waals surface area contributed by atoms with Crippen molar-refractivity contribution in [1.82, 2.24) is 5.32 Å². The lowest BCUT2D eigenvalue weighted by molar-refractivity contribution is 0.0912. The number of hydrogen-bond acceptors (Lipinski definition) is 1. The highest BCUT2D eigenvalue weighted by molar-refractivity contribution is 9.09. The first-order chi connectivity index (χ1) is 9.02. The van der Waals surface area contributed by atoms with E-state index in [1.807, 2.05) is 56.3 Å². The maximum Gasteiger partial charge on any atom is 0.251 e. The number of rotatable bonds is 4. The molecule has 1 amide bonds. The van der Waals surface area contributed by atoms with Gasteiger partial charge in [0.2, 0.25) is 0 Å². The van der Waals surface area contributed by atoms with Crippen molar-refractivity contribution < 1.29 is 4.79 Å². The predicted octanol–water partition coefficient (Wildman–Crippen LogP) is 4.13. The molecule has 2 aromatic carbocycles. The van der Waals surface area contributed by atoms with Crippen molar-refractivity contribution in [3.05, 3.63) is 48.0 Å². The molecule has 0 heterocycles. The molecule has 2 nitrogen and oxygen atoms in total. The molecule has 0 aromatic heterocycles. The van der Waals surface area contributed by atoms with E-state index >= 15 is 0 Å². The molecule has 1 N–H and O–H groups in total. The van der Waals surface area contributed by atoms with Crippen LogP contribution in [0.1, 0.15) is 30.6 Å². The van der Waals surface area contributed by atoms with Gasteiger partial charge in [0.25, 0.3) is 5.91 Å². The number of benzene rings is 2. The minimum atomic E-state index is -0.202. The van der Waals surface area contributed by atoms with Crippen molar-refractivity contribution in [2.45, 2.75) is 25.8 Å². The molecule has 0 saturated carbocycles. The van der Waals surface area contributed by atoms with Crippen LogP contribution in [0.15, 0.2) is 42.5 Å². The van der Waals surface area contributed by atoms with E-state index in [-0.39, 0.29) is 11.4 Å². The van der Waals surface area contributed by atoms with E-state index in [4.69, 9.17) is 0 Å². The van der Waals surface area contributed by atoms with Crippen LogP contribution in [0.25, 0.3) is 10.8 Å². The zero-order valence-electron chi connectivity index (χ0n) is 11.2. The van der Waals surface area contributed by atoms with Gasteiger partial charge in [0.05, 0.1) is 0 Å². The van der Waals surface area contributed by atoms with E-state index in [0.717, 1.165) is 22.5 Å². The lowest BCUT2D eigenvalue weighted by atomic mass is 10.0. The number of amides is 1. The second kappa shape index (κ2) is 5.74. The first kappa shape index (κ1) is 14.1. The van der Waals surface area contributed by atoms with Crippen LogP contribution >= 0.6 is 15.9 Å². The molecule has 0 bridgehead atoms. The van der Waals surface area contributed by atoms with Crippen molar-refractivity contribution in [2.24, 2.45) is 0 Å². The molecule has 0 radical (unpaired) electrons. The Morgan fingerprint density at radius 2 is 1.84 bits per heavy atom. The summed E-state index contributed by atoms with van der Waals surface area (Å²) in [4.78, 5) is 12.3. The van der Waals surface area contributed by atoms with Gasteiger partial charge in [-0.3, -0.25) is 4.79 Å². The summed E-state index contributed by atoms with van der Waals surface area (Å²) < 4.78 is 0. The summed E-state index contributed by atoms with van der Waals surface area (Å²) in [5, 5.41) is 6.19. The Morgan fingerprint density at radius 3 is 2.53 bits per heavy atom. The van der Waals surface area contributed by atoms with Crippen LogP contribution in [-0.2, 0) is 0 Å². The van der Waals surface area contributed by atoms with Gasteiger partial charge in [0.1, 0.15) is 0 Å². The van der Waals surface area contributed by atoms with Crippen LogP contribution in [0.3, 0.4) is 0 Å². The van der Waals surface area contributed by atoms with Gasteiger partial charge >= 0.3 is 0 Å². The topological polar surface area (TPSA) is 29.1 Å². The number of fused-ring (bicyclic) bond motifs is 1. The van der Waals surface area contributed by atoms with Gasteiger partial charge in [-0.05, 0) is 43.2 Å². The third-order valence-corrected chi connectivity index (χ3v) is 3.58. The molecule has 2 rings (SSSR count). The Labute approximate surface area is 122 Å². The quantitative estimate of drug-likeness (QED) is 0.843. The number of carbonyl (C=O) groups excluding carboxylic acids is 1.